The number of esters is 1. The molecule has 20 heteroatoms. The number of aliphatic hydroxyl groups is 1. The number of halogens is 1. The summed E-state index contributed by atoms with van der Waals surface area (Å²) >= 11 is 0. The highest BCUT2D eigenvalue weighted by atomic mass is 19.1. The number of hydrogen-bond acceptors (Lipinski definition) is 12. The van der Waals surface area contributed by atoms with Crippen molar-refractivity contribution < 1.29 is 47.8 Å². The van der Waals surface area contributed by atoms with Crippen molar-refractivity contribution in [3.8, 4) is 11.4 Å². The number of fused-ring (bicyclic) bond motifs is 5. The Morgan fingerprint density at radius 3 is 2.26 bits per heavy atom. The number of cyclic esters (lactones) is 1. The maximum atomic E-state index is 15.5. The number of carbonyl (C=O) groups is 7. The van der Waals surface area contributed by atoms with Gasteiger partial charge in [-0.3, -0.25) is 38.5 Å². The van der Waals surface area contributed by atoms with Crippen LogP contribution in [0.2, 0.25) is 0 Å². The van der Waals surface area contributed by atoms with Crippen molar-refractivity contribution in [2.24, 2.45) is 11.8 Å². The molecule has 1 aromatic carbocycles. The Bertz CT molecular complexity index is 2810. The smallest absolute Gasteiger partial charge is 0.343 e. The van der Waals surface area contributed by atoms with Crippen LogP contribution in [0.1, 0.15) is 133 Å². The zero-order chi connectivity index (χ0) is 52.2. The molecule has 1 aliphatic carbocycles. The molecule has 0 bridgehead atoms. The Labute approximate surface area is 417 Å². The summed E-state index contributed by atoms with van der Waals surface area (Å²) in [5.74, 6) is -4.88. The predicted octanol–water partition coefficient (Wildman–Crippen LogP) is 2.40. The van der Waals surface area contributed by atoms with E-state index in [0.717, 1.165) is 18.5 Å². The third-order valence-corrected chi connectivity index (χ3v) is 15.8. The molecule has 0 saturated carbocycles. The van der Waals surface area contributed by atoms with Gasteiger partial charge in [0.05, 0.1) is 54.2 Å². The summed E-state index contributed by atoms with van der Waals surface area (Å²) in [6.07, 6.45) is 3.00. The number of nitrogens with one attached hydrogen (secondary N) is 5. The van der Waals surface area contributed by atoms with Gasteiger partial charge in [-0.05, 0) is 107 Å². The summed E-state index contributed by atoms with van der Waals surface area (Å²) in [5, 5.41) is 26.1. The van der Waals surface area contributed by atoms with Gasteiger partial charge in [-0.1, -0.05) is 41.0 Å². The zero-order valence-corrected chi connectivity index (χ0v) is 42.6. The van der Waals surface area contributed by atoms with E-state index in [0.29, 0.717) is 64.7 Å². The van der Waals surface area contributed by atoms with Crippen LogP contribution in [0.15, 0.2) is 16.9 Å². The first-order valence-electron chi connectivity index (χ1n) is 25.5. The molecule has 2 saturated heterocycles. The van der Waals surface area contributed by atoms with Gasteiger partial charge in [-0.15, -0.1) is 0 Å². The minimum Gasteiger partial charge on any atom is -0.458 e. The van der Waals surface area contributed by atoms with Crippen LogP contribution in [0, 0.1) is 24.6 Å². The van der Waals surface area contributed by atoms with Crippen molar-refractivity contribution in [3.05, 3.63) is 61.7 Å². The van der Waals surface area contributed by atoms with Crippen LogP contribution in [0.3, 0.4) is 0 Å². The molecule has 2 aromatic heterocycles. The maximum Gasteiger partial charge on any atom is 0.343 e. The first-order chi connectivity index (χ1) is 34.1. The zero-order valence-electron chi connectivity index (χ0n) is 42.6. The molecule has 388 valence electrons. The molecular weight excluding hydrogens is 930 g/mol. The Morgan fingerprint density at radius 1 is 0.931 bits per heavy atom. The summed E-state index contributed by atoms with van der Waals surface area (Å²) in [5.41, 5.74) is 1.23. The molecule has 72 heavy (non-hydrogen) atoms. The Kier molecular flexibility index (Phi) is 14.7. The standard InChI is InChI=1S/C52H68FN9O10/c1-10-26(7)45(62-27(8)17-36(50(62)69)57-40(64)20-54-47(66)43(24(3)4)59-46(65)37-13-12-16-60(37)25(5)6)48(67)55-21-39(63)56-34-15-14-29-28(9)33(53)19-35-41(29)42(34)30-22-61-38(44(30)58-35)18-32-31(49(61)68)23-72-51(70)52(32,71)11-2/h18-19,24-27,34,36-37,43,45,71H,10-17,20-23H2,1-9H3,(H,54,66)(H,55,67)(H,56,63)(H,57,64)(H,59,65)/t26-,27?,34-,36-,37-,43-,45-,52-/m0/s1. The SMILES string of the molecule is CC[C@H](C)[C@@H](C(=O)NCC(=O)N[C@H]1CCc2c(C)c(F)cc3nc4c(c1c23)Cn1c-4cc2c(c1=O)COC(=O)[C@]2(O)CC)N1C(=O)[C@@H](NC(=O)CNC(=O)[C@@H](NC(=O)[C@@H]2CCCN2C(C)C)C(C)C)CC1C. The second-order valence-corrected chi connectivity index (χ2v) is 20.9. The molecule has 8 atom stereocenters. The monoisotopic (exact) mass is 998 g/mol. The van der Waals surface area contributed by atoms with E-state index in [2.05, 4.69) is 31.5 Å². The van der Waals surface area contributed by atoms with E-state index in [1.807, 2.05) is 27.7 Å². The summed E-state index contributed by atoms with van der Waals surface area (Å²) in [7, 11) is 0. The maximum absolute atomic E-state index is 15.5. The van der Waals surface area contributed by atoms with Crippen LogP contribution < -0.4 is 32.1 Å². The Balaban J connectivity index is 0.940. The average molecular weight is 998 g/mol. The number of benzene rings is 1. The lowest BCUT2D eigenvalue weighted by molar-refractivity contribution is -0.172. The van der Waals surface area contributed by atoms with Gasteiger partial charge in [-0.25, -0.2) is 14.2 Å². The number of ether oxygens (including phenoxy) is 1. The minimum absolute atomic E-state index is 0.0437. The lowest BCUT2D eigenvalue weighted by Gasteiger charge is -2.34. The summed E-state index contributed by atoms with van der Waals surface area (Å²) in [6.45, 7) is 16.1. The number of nitrogens with zero attached hydrogens (tertiary/aromatic N) is 4. The second kappa shape index (κ2) is 20.3. The molecule has 0 spiro atoms. The van der Waals surface area contributed by atoms with Crippen molar-refractivity contribution in [3.63, 3.8) is 0 Å². The number of rotatable bonds is 16. The first kappa shape index (κ1) is 52.1. The normalized spacial score (nSPS) is 23.5. The van der Waals surface area contributed by atoms with Crippen molar-refractivity contribution in [2.75, 3.05) is 19.6 Å². The molecule has 19 nitrogen and oxygen atoms in total. The van der Waals surface area contributed by atoms with Crippen molar-refractivity contribution in [1.29, 1.82) is 0 Å². The summed E-state index contributed by atoms with van der Waals surface area (Å²) in [6, 6.07) is -1.25. The first-order valence-corrected chi connectivity index (χ1v) is 25.5. The highest BCUT2D eigenvalue weighted by Gasteiger charge is 2.48. The molecule has 6 amide bonds. The van der Waals surface area contributed by atoms with E-state index >= 15 is 4.39 Å². The molecule has 0 radical (unpaired) electrons. The molecular formula is C52H68FN9O10. The minimum atomic E-state index is -2.05. The van der Waals surface area contributed by atoms with Crippen LogP contribution >= 0.6 is 0 Å². The number of carbonyl (C=O) groups excluding carboxylic acids is 7. The number of pyridine rings is 2. The van der Waals surface area contributed by atoms with Crippen LogP contribution in [-0.4, -0.2) is 122 Å². The van der Waals surface area contributed by atoms with Crippen LogP contribution in [0.4, 0.5) is 4.39 Å². The van der Waals surface area contributed by atoms with Gasteiger partial charge in [0.15, 0.2) is 5.60 Å². The van der Waals surface area contributed by atoms with Gasteiger partial charge in [0.2, 0.25) is 35.4 Å². The second-order valence-electron chi connectivity index (χ2n) is 20.9. The summed E-state index contributed by atoms with van der Waals surface area (Å²) < 4.78 is 22.2. The van der Waals surface area contributed by atoms with Gasteiger partial charge in [0.25, 0.3) is 5.56 Å². The van der Waals surface area contributed by atoms with Gasteiger partial charge in [-0.2, -0.15) is 0 Å². The fourth-order valence-electron chi connectivity index (χ4n) is 11.6. The van der Waals surface area contributed by atoms with Crippen LogP contribution in [0.25, 0.3) is 22.3 Å². The topological polar surface area (TPSA) is 250 Å². The van der Waals surface area contributed by atoms with E-state index in [1.165, 1.54) is 15.5 Å². The highest BCUT2D eigenvalue weighted by Crippen LogP contribution is 2.46. The van der Waals surface area contributed by atoms with E-state index < -0.39 is 95.8 Å². The fourth-order valence-corrected chi connectivity index (χ4v) is 11.6. The largest absolute Gasteiger partial charge is 0.458 e. The molecule has 4 aliphatic heterocycles. The Hall–Kier alpha value is -6.28. The van der Waals surface area contributed by atoms with E-state index in [-0.39, 0.29) is 66.9 Å². The summed E-state index contributed by atoms with van der Waals surface area (Å²) in [4.78, 5) is 117. The van der Waals surface area contributed by atoms with E-state index in [1.54, 1.807) is 40.7 Å². The number of amides is 6. The van der Waals surface area contributed by atoms with Gasteiger partial charge in [0.1, 0.15) is 30.5 Å². The molecule has 6 N–H and O–H groups in total. The lowest BCUT2D eigenvalue weighted by atomic mass is 9.81. The number of likely N-dealkylation sites (tertiary alicyclic amines) is 2. The van der Waals surface area contributed by atoms with Crippen molar-refractivity contribution >= 4 is 52.3 Å². The Morgan fingerprint density at radius 2 is 1.61 bits per heavy atom. The van der Waals surface area contributed by atoms with Gasteiger partial charge in [0, 0.05) is 34.7 Å². The molecule has 2 fully saturated rings. The van der Waals surface area contributed by atoms with Gasteiger partial charge >= 0.3 is 5.97 Å². The van der Waals surface area contributed by atoms with E-state index in [4.69, 9.17) is 9.72 Å². The van der Waals surface area contributed by atoms with Crippen molar-refractivity contribution in [2.45, 2.75) is 168 Å². The molecule has 5 aliphatic rings. The van der Waals surface area contributed by atoms with Crippen molar-refractivity contribution in [1.82, 2.24) is 45.9 Å². The third kappa shape index (κ3) is 9.24. The van der Waals surface area contributed by atoms with Crippen LogP contribution in [0.5, 0.6) is 0 Å². The molecule has 8 rings (SSSR count). The average Bonchev–Trinajstić information content (AvgIpc) is 4.06. The van der Waals surface area contributed by atoms with E-state index in [9.17, 15) is 43.5 Å². The highest BCUT2D eigenvalue weighted by molar-refractivity contribution is 5.98. The van der Waals surface area contributed by atoms with Crippen LogP contribution in [-0.2, 0) is 63.5 Å². The predicted molar refractivity (Wildman–Crippen MR) is 262 cm³/mol. The third-order valence-electron chi connectivity index (χ3n) is 15.8. The number of aryl methyl sites for hydroxylation is 1. The number of hydrogen-bond donors (Lipinski definition) is 6. The molecule has 6 heterocycles. The quantitative estimate of drug-likeness (QED) is 0.0887. The number of aromatic nitrogens is 2. The fraction of sp³-hybridized carbons (Fsp3) is 0.596. The molecule has 1 unspecified atom stereocenters. The lowest BCUT2D eigenvalue weighted by Crippen LogP contribution is -2.57. The molecule has 3 aromatic rings. The van der Waals surface area contributed by atoms with Gasteiger partial charge < -0.3 is 45.9 Å².